The largest absolute Gasteiger partial charge is 0.397 e. The molecular weight excluding hydrogens is 415 g/mol. The number of thiophene rings is 1. The summed E-state index contributed by atoms with van der Waals surface area (Å²) >= 11 is 1.20. The average Bonchev–Trinajstić information content (AvgIpc) is 3.11. The molecule has 1 amide bonds. The number of nitrogens with zero attached hydrogens (tertiary/aromatic N) is 5. The Kier molecular flexibility index (Phi) is 4.44. The molecule has 4 heterocycles. The van der Waals surface area contributed by atoms with Gasteiger partial charge in [-0.05, 0) is 30.5 Å². The molecule has 4 aromatic rings. The van der Waals surface area contributed by atoms with Crippen LogP contribution in [-0.2, 0) is 5.67 Å². The number of carbonyl (C=O) groups is 1. The highest BCUT2D eigenvalue weighted by Crippen LogP contribution is 2.41. The molecule has 0 spiro atoms. The zero-order valence-electron chi connectivity index (χ0n) is 17.0. The van der Waals surface area contributed by atoms with E-state index in [1.54, 1.807) is 24.5 Å². The van der Waals surface area contributed by atoms with Crippen LogP contribution in [-0.4, -0.2) is 44.1 Å². The number of amides is 1. The van der Waals surface area contributed by atoms with Crippen LogP contribution < -0.4 is 5.73 Å². The third kappa shape index (κ3) is 3.12. The molecule has 0 radical (unpaired) electrons. The quantitative estimate of drug-likeness (QED) is 0.528. The molecule has 1 aliphatic heterocycles. The van der Waals surface area contributed by atoms with Crippen LogP contribution in [0.1, 0.15) is 26.5 Å². The van der Waals surface area contributed by atoms with Gasteiger partial charge in [-0.3, -0.25) is 4.79 Å². The van der Waals surface area contributed by atoms with Gasteiger partial charge in [0.15, 0.2) is 5.67 Å². The molecule has 0 aliphatic carbocycles. The zero-order chi connectivity index (χ0) is 21.8. The van der Waals surface area contributed by atoms with Crippen molar-refractivity contribution in [2.75, 3.05) is 18.8 Å². The van der Waals surface area contributed by atoms with E-state index in [9.17, 15) is 4.79 Å². The minimum atomic E-state index is -1.58. The standard InChI is InChI=1S/C22H19FN6OS/c1-12-13(2)27-28-20-17(12)18(24)19(31-20)21(30)29-9-22(23,10-29)16-5-3-14(4-6-16)15-7-25-11-26-8-15/h3-8,11H,9-10,24H2,1-2H3. The predicted octanol–water partition coefficient (Wildman–Crippen LogP) is 3.67. The van der Waals surface area contributed by atoms with Crippen LogP contribution in [0.25, 0.3) is 21.3 Å². The molecular formula is C22H19FN6OS. The molecule has 0 atom stereocenters. The molecule has 1 aliphatic rings. The molecule has 156 valence electrons. The third-order valence-electron chi connectivity index (χ3n) is 5.80. The van der Waals surface area contributed by atoms with E-state index in [2.05, 4.69) is 20.2 Å². The first kappa shape index (κ1) is 19.5. The molecule has 7 nitrogen and oxygen atoms in total. The lowest BCUT2D eigenvalue weighted by molar-refractivity contribution is -0.0227. The number of benzene rings is 1. The van der Waals surface area contributed by atoms with Crippen LogP contribution in [0.15, 0.2) is 43.0 Å². The van der Waals surface area contributed by atoms with E-state index in [1.165, 1.54) is 22.6 Å². The van der Waals surface area contributed by atoms with Crippen molar-refractivity contribution in [2.45, 2.75) is 19.5 Å². The number of hydrogen-bond acceptors (Lipinski definition) is 7. The molecule has 2 N–H and O–H groups in total. The maximum Gasteiger partial charge on any atom is 0.266 e. The Hall–Kier alpha value is -3.46. The van der Waals surface area contributed by atoms with Gasteiger partial charge in [-0.2, -0.15) is 5.10 Å². The molecule has 31 heavy (non-hydrogen) atoms. The number of carbonyl (C=O) groups excluding carboxylic acids is 1. The molecule has 1 aromatic carbocycles. The summed E-state index contributed by atoms with van der Waals surface area (Å²) in [7, 11) is 0. The molecule has 0 bridgehead atoms. The molecule has 3 aromatic heterocycles. The SMILES string of the molecule is Cc1nnc2sc(C(=O)N3CC(F)(c4ccc(-c5cncnc5)cc4)C3)c(N)c2c1C. The first-order chi connectivity index (χ1) is 14.9. The summed E-state index contributed by atoms with van der Waals surface area (Å²) in [4.78, 5) is 23.5. The maximum absolute atomic E-state index is 15.5. The smallest absolute Gasteiger partial charge is 0.266 e. The van der Waals surface area contributed by atoms with Gasteiger partial charge in [0.2, 0.25) is 0 Å². The van der Waals surface area contributed by atoms with Crippen molar-refractivity contribution >= 4 is 33.1 Å². The van der Waals surface area contributed by atoms with Crippen molar-refractivity contribution in [1.82, 2.24) is 25.1 Å². The Balaban J connectivity index is 1.35. The number of nitrogen functional groups attached to an aromatic ring is 1. The van der Waals surface area contributed by atoms with Gasteiger partial charge in [0.1, 0.15) is 16.0 Å². The Bertz CT molecular complexity index is 1300. The number of halogens is 1. The van der Waals surface area contributed by atoms with Gasteiger partial charge in [-0.15, -0.1) is 16.4 Å². The molecule has 0 unspecified atom stereocenters. The second-order valence-corrected chi connectivity index (χ2v) is 8.77. The van der Waals surface area contributed by atoms with Crippen LogP contribution >= 0.6 is 11.3 Å². The van der Waals surface area contributed by atoms with Gasteiger partial charge in [0.05, 0.1) is 24.5 Å². The number of fused-ring (bicyclic) bond motifs is 1. The monoisotopic (exact) mass is 434 g/mol. The van der Waals surface area contributed by atoms with Crippen LogP contribution in [0.2, 0.25) is 0 Å². The summed E-state index contributed by atoms with van der Waals surface area (Å²) in [5.41, 5.74) is 9.07. The summed E-state index contributed by atoms with van der Waals surface area (Å²) in [6.07, 6.45) is 4.88. The normalized spacial score (nSPS) is 15.1. The minimum Gasteiger partial charge on any atom is -0.397 e. The summed E-state index contributed by atoms with van der Waals surface area (Å²) in [6.45, 7) is 3.72. The number of anilines is 1. The second kappa shape index (κ2) is 7.05. The summed E-state index contributed by atoms with van der Waals surface area (Å²) in [5.74, 6) is -0.274. The molecule has 1 fully saturated rings. The van der Waals surface area contributed by atoms with Gasteiger partial charge in [-0.1, -0.05) is 24.3 Å². The van der Waals surface area contributed by atoms with Crippen LogP contribution in [0.5, 0.6) is 0 Å². The average molecular weight is 435 g/mol. The van der Waals surface area contributed by atoms with Gasteiger partial charge in [-0.25, -0.2) is 14.4 Å². The lowest BCUT2D eigenvalue weighted by Crippen LogP contribution is -2.58. The van der Waals surface area contributed by atoms with Crippen molar-refractivity contribution in [2.24, 2.45) is 0 Å². The predicted molar refractivity (Wildman–Crippen MR) is 117 cm³/mol. The lowest BCUT2D eigenvalue weighted by Gasteiger charge is -2.44. The van der Waals surface area contributed by atoms with Crippen molar-refractivity contribution in [3.8, 4) is 11.1 Å². The Morgan fingerprint density at radius 3 is 2.45 bits per heavy atom. The lowest BCUT2D eigenvalue weighted by atomic mass is 9.87. The number of likely N-dealkylation sites (tertiary alicyclic amines) is 1. The van der Waals surface area contributed by atoms with E-state index in [-0.39, 0.29) is 19.0 Å². The minimum absolute atomic E-state index is 0.0169. The van der Waals surface area contributed by atoms with E-state index in [1.807, 2.05) is 26.0 Å². The van der Waals surface area contributed by atoms with Crippen molar-refractivity contribution in [3.05, 3.63) is 64.7 Å². The van der Waals surface area contributed by atoms with E-state index in [4.69, 9.17) is 5.73 Å². The number of hydrogen-bond donors (Lipinski definition) is 1. The molecule has 9 heteroatoms. The Morgan fingerprint density at radius 2 is 1.77 bits per heavy atom. The van der Waals surface area contributed by atoms with E-state index in [0.29, 0.717) is 21.0 Å². The van der Waals surface area contributed by atoms with Crippen LogP contribution in [0.3, 0.4) is 0 Å². The summed E-state index contributed by atoms with van der Waals surface area (Å²) in [6, 6.07) is 7.18. The number of aryl methyl sites for hydroxylation is 2. The molecule has 5 rings (SSSR count). The highest BCUT2D eigenvalue weighted by atomic mass is 32.1. The van der Waals surface area contributed by atoms with Crippen LogP contribution in [0, 0.1) is 13.8 Å². The second-order valence-electron chi connectivity index (χ2n) is 7.77. The fraction of sp³-hybridized carbons (Fsp3) is 0.227. The highest BCUT2D eigenvalue weighted by Gasteiger charge is 2.48. The van der Waals surface area contributed by atoms with E-state index < -0.39 is 5.67 Å². The number of aromatic nitrogens is 4. The van der Waals surface area contributed by atoms with Gasteiger partial charge in [0, 0.05) is 23.3 Å². The first-order valence-corrected chi connectivity index (χ1v) is 10.5. The fourth-order valence-corrected chi connectivity index (χ4v) is 4.91. The van der Waals surface area contributed by atoms with Gasteiger partial charge < -0.3 is 10.6 Å². The molecule has 1 saturated heterocycles. The maximum atomic E-state index is 15.5. The summed E-state index contributed by atoms with van der Waals surface area (Å²) in [5, 5.41) is 9.01. The summed E-state index contributed by atoms with van der Waals surface area (Å²) < 4.78 is 15.5. The zero-order valence-corrected chi connectivity index (χ0v) is 17.8. The van der Waals surface area contributed by atoms with Crippen molar-refractivity contribution in [3.63, 3.8) is 0 Å². The number of alkyl halides is 1. The van der Waals surface area contributed by atoms with Crippen molar-refractivity contribution < 1.29 is 9.18 Å². The number of rotatable bonds is 3. The number of nitrogens with two attached hydrogens (primary N) is 1. The first-order valence-electron chi connectivity index (χ1n) is 9.73. The van der Waals surface area contributed by atoms with Gasteiger partial charge in [0.25, 0.3) is 5.91 Å². The van der Waals surface area contributed by atoms with E-state index >= 15 is 4.39 Å². The highest BCUT2D eigenvalue weighted by molar-refractivity contribution is 7.21. The fourth-order valence-electron chi connectivity index (χ4n) is 3.84. The molecule has 0 saturated carbocycles. The Morgan fingerprint density at radius 1 is 1.10 bits per heavy atom. The topological polar surface area (TPSA) is 97.9 Å². The van der Waals surface area contributed by atoms with Gasteiger partial charge >= 0.3 is 0 Å². The van der Waals surface area contributed by atoms with Crippen molar-refractivity contribution in [1.29, 1.82) is 0 Å². The third-order valence-corrected chi connectivity index (χ3v) is 6.87. The van der Waals surface area contributed by atoms with Crippen LogP contribution in [0.4, 0.5) is 10.1 Å². The Labute approximate surface area is 181 Å². The van der Waals surface area contributed by atoms with E-state index in [0.717, 1.165) is 27.8 Å².